The highest BCUT2D eigenvalue weighted by atomic mass is 16.2. The number of pyridine rings is 1. The van der Waals surface area contributed by atoms with Gasteiger partial charge in [0.1, 0.15) is 5.54 Å². The summed E-state index contributed by atoms with van der Waals surface area (Å²) in [6.45, 7) is 1.84. The maximum Gasteiger partial charge on any atom is 0.247 e. The van der Waals surface area contributed by atoms with E-state index in [1.165, 1.54) is 0 Å². The zero-order valence-electron chi connectivity index (χ0n) is 17.9. The van der Waals surface area contributed by atoms with Crippen molar-refractivity contribution in [3.63, 3.8) is 0 Å². The fourth-order valence-electron chi connectivity index (χ4n) is 4.07. The van der Waals surface area contributed by atoms with E-state index in [0.717, 1.165) is 27.7 Å². The molecule has 4 aromatic rings. The first-order valence-corrected chi connectivity index (χ1v) is 10.6. The number of hydrogen-bond donors (Lipinski definition) is 2. The summed E-state index contributed by atoms with van der Waals surface area (Å²) in [5.41, 5.74) is 8.63. The number of primary amides is 1. The summed E-state index contributed by atoms with van der Waals surface area (Å²) in [5.74, 6) is -0.853. The van der Waals surface area contributed by atoms with E-state index in [1.54, 1.807) is 0 Å². The van der Waals surface area contributed by atoms with Gasteiger partial charge in [-0.1, -0.05) is 85.8 Å². The minimum Gasteiger partial charge on any atom is -0.367 e. The van der Waals surface area contributed by atoms with Gasteiger partial charge in [-0.05, 0) is 29.7 Å². The predicted octanol–water partition coefficient (Wildman–Crippen LogP) is 4.35. The van der Waals surface area contributed by atoms with Crippen LogP contribution in [0, 0.1) is 0 Å². The van der Waals surface area contributed by atoms with Crippen LogP contribution in [-0.2, 0) is 21.5 Å². The Kier molecular flexibility index (Phi) is 5.99. The van der Waals surface area contributed by atoms with Crippen molar-refractivity contribution in [2.45, 2.75) is 25.3 Å². The van der Waals surface area contributed by atoms with Gasteiger partial charge in [0.2, 0.25) is 11.8 Å². The molecule has 0 radical (unpaired) electrons. The van der Waals surface area contributed by atoms with Crippen molar-refractivity contribution in [2.24, 2.45) is 5.73 Å². The molecule has 0 aliphatic heterocycles. The smallest absolute Gasteiger partial charge is 0.247 e. The van der Waals surface area contributed by atoms with Gasteiger partial charge in [0.25, 0.3) is 0 Å². The first kappa shape index (κ1) is 21.2. The Balaban J connectivity index is 1.71. The molecule has 5 nitrogen and oxygen atoms in total. The molecule has 1 atom stereocenters. The normalized spacial score (nSPS) is 12.8. The Labute approximate surface area is 187 Å². The lowest BCUT2D eigenvalue weighted by atomic mass is 9.86. The molecule has 0 saturated carbocycles. The zero-order chi connectivity index (χ0) is 22.6. The zero-order valence-corrected chi connectivity index (χ0v) is 17.9. The molecule has 1 heterocycles. The van der Waals surface area contributed by atoms with Gasteiger partial charge in [0.15, 0.2) is 0 Å². The molecule has 0 aliphatic carbocycles. The number of nitrogens with two attached hydrogens (primary N) is 1. The third-order valence-corrected chi connectivity index (χ3v) is 5.79. The van der Waals surface area contributed by atoms with Gasteiger partial charge in [0.05, 0.1) is 17.6 Å². The lowest BCUT2D eigenvalue weighted by Gasteiger charge is -2.31. The number of rotatable bonds is 7. The summed E-state index contributed by atoms with van der Waals surface area (Å²) < 4.78 is 0. The van der Waals surface area contributed by atoms with Crippen molar-refractivity contribution in [1.82, 2.24) is 10.3 Å². The molecule has 2 amide bonds. The van der Waals surface area contributed by atoms with Crippen molar-refractivity contribution in [2.75, 3.05) is 0 Å². The second-order valence-corrected chi connectivity index (χ2v) is 7.76. The topological polar surface area (TPSA) is 85.1 Å². The number of fused-ring (bicyclic) bond motifs is 1. The summed E-state index contributed by atoms with van der Waals surface area (Å²) in [5, 5.41) is 3.84. The minimum absolute atomic E-state index is 0.102. The average molecular weight is 424 g/mol. The van der Waals surface area contributed by atoms with Crippen LogP contribution in [0.4, 0.5) is 0 Å². The number of para-hydroxylation sites is 1. The molecule has 0 saturated heterocycles. The monoisotopic (exact) mass is 423 g/mol. The number of hydrogen-bond acceptors (Lipinski definition) is 3. The van der Waals surface area contributed by atoms with Gasteiger partial charge in [-0.25, -0.2) is 4.98 Å². The van der Waals surface area contributed by atoms with E-state index in [2.05, 4.69) is 5.32 Å². The number of amides is 2. The minimum atomic E-state index is -1.26. The van der Waals surface area contributed by atoms with Crippen LogP contribution in [0.25, 0.3) is 22.2 Å². The molecule has 0 bridgehead atoms. The van der Waals surface area contributed by atoms with E-state index in [9.17, 15) is 9.59 Å². The predicted molar refractivity (Wildman–Crippen MR) is 127 cm³/mol. The van der Waals surface area contributed by atoms with E-state index in [1.807, 2.05) is 97.9 Å². The first-order valence-electron chi connectivity index (χ1n) is 10.6. The molecule has 160 valence electrons. The van der Waals surface area contributed by atoms with Crippen LogP contribution in [0.2, 0.25) is 0 Å². The molecule has 0 spiro atoms. The molecule has 32 heavy (non-hydrogen) atoms. The van der Waals surface area contributed by atoms with Crippen LogP contribution < -0.4 is 11.1 Å². The quantitative estimate of drug-likeness (QED) is 0.463. The Morgan fingerprint density at radius 3 is 2.19 bits per heavy atom. The van der Waals surface area contributed by atoms with Crippen molar-refractivity contribution < 1.29 is 9.59 Å². The fraction of sp³-hybridized carbons (Fsp3) is 0.148. The van der Waals surface area contributed by atoms with Crippen LogP contribution in [-0.4, -0.2) is 16.8 Å². The summed E-state index contributed by atoms with van der Waals surface area (Å²) in [6, 6.07) is 28.7. The molecule has 0 aliphatic rings. The Morgan fingerprint density at radius 2 is 1.53 bits per heavy atom. The SMILES string of the molecule is CCC(NC(=O)Cc1cc(-c2ccccc2)nc2ccccc12)(C(N)=O)c1ccccc1. The highest BCUT2D eigenvalue weighted by Crippen LogP contribution is 2.27. The largest absolute Gasteiger partial charge is 0.367 e. The second-order valence-electron chi connectivity index (χ2n) is 7.76. The van der Waals surface area contributed by atoms with E-state index in [4.69, 9.17) is 10.7 Å². The molecular formula is C27H25N3O2. The molecule has 1 aromatic heterocycles. The number of benzene rings is 3. The second kappa shape index (κ2) is 9.02. The highest BCUT2D eigenvalue weighted by Gasteiger charge is 2.38. The van der Waals surface area contributed by atoms with Crippen molar-refractivity contribution in [3.05, 3.63) is 102 Å². The van der Waals surface area contributed by atoms with Crippen molar-refractivity contribution in [1.29, 1.82) is 0 Å². The van der Waals surface area contributed by atoms with Crippen molar-refractivity contribution in [3.8, 4) is 11.3 Å². The molecule has 1 unspecified atom stereocenters. The van der Waals surface area contributed by atoms with E-state index in [-0.39, 0.29) is 12.3 Å². The summed E-state index contributed by atoms with van der Waals surface area (Å²) in [7, 11) is 0. The van der Waals surface area contributed by atoms with Gasteiger partial charge < -0.3 is 11.1 Å². The maximum atomic E-state index is 13.2. The third kappa shape index (κ3) is 4.10. The number of carbonyl (C=O) groups excluding carboxylic acids is 2. The van der Waals surface area contributed by atoms with Crippen LogP contribution in [0.5, 0.6) is 0 Å². The summed E-state index contributed by atoms with van der Waals surface area (Å²) in [4.78, 5) is 30.5. The molecule has 4 rings (SSSR count). The Hall–Kier alpha value is -3.99. The van der Waals surface area contributed by atoms with Gasteiger partial charge in [0, 0.05) is 10.9 Å². The van der Waals surface area contributed by atoms with Gasteiger partial charge in [-0.15, -0.1) is 0 Å². The van der Waals surface area contributed by atoms with Gasteiger partial charge in [-0.3, -0.25) is 9.59 Å². The number of aromatic nitrogens is 1. The number of carbonyl (C=O) groups is 2. The highest BCUT2D eigenvalue weighted by molar-refractivity contribution is 5.94. The Bertz CT molecular complexity index is 1260. The van der Waals surface area contributed by atoms with Gasteiger partial charge >= 0.3 is 0 Å². The van der Waals surface area contributed by atoms with Crippen molar-refractivity contribution >= 4 is 22.7 Å². The summed E-state index contributed by atoms with van der Waals surface area (Å²) in [6.07, 6.45) is 0.454. The molecule has 3 N–H and O–H groups in total. The van der Waals surface area contributed by atoms with Crippen LogP contribution in [0.3, 0.4) is 0 Å². The molecule has 5 heteroatoms. The third-order valence-electron chi connectivity index (χ3n) is 5.79. The summed E-state index contributed by atoms with van der Waals surface area (Å²) >= 11 is 0. The maximum absolute atomic E-state index is 13.2. The van der Waals surface area contributed by atoms with E-state index >= 15 is 0 Å². The average Bonchev–Trinajstić information content (AvgIpc) is 2.83. The van der Waals surface area contributed by atoms with Crippen LogP contribution >= 0.6 is 0 Å². The first-order chi connectivity index (χ1) is 15.5. The van der Waals surface area contributed by atoms with E-state index < -0.39 is 11.4 Å². The van der Waals surface area contributed by atoms with Crippen LogP contribution in [0.15, 0.2) is 91.0 Å². The molecule has 0 fully saturated rings. The lowest BCUT2D eigenvalue weighted by molar-refractivity contribution is -0.132. The number of nitrogens with zero attached hydrogens (tertiary/aromatic N) is 1. The fourth-order valence-corrected chi connectivity index (χ4v) is 4.07. The Morgan fingerprint density at radius 1 is 0.906 bits per heavy atom. The lowest BCUT2D eigenvalue weighted by Crippen LogP contribution is -2.54. The number of nitrogens with one attached hydrogen (secondary N) is 1. The van der Waals surface area contributed by atoms with E-state index in [0.29, 0.717) is 12.0 Å². The van der Waals surface area contributed by atoms with Gasteiger partial charge in [-0.2, -0.15) is 0 Å². The molecule has 3 aromatic carbocycles. The van der Waals surface area contributed by atoms with Crippen LogP contribution in [0.1, 0.15) is 24.5 Å². The standard InChI is InChI=1S/C27H25N3O2/c1-2-27(26(28)32,21-13-7-4-8-14-21)30-25(31)18-20-17-24(19-11-5-3-6-12-19)29-23-16-10-9-15-22(20)23/h3-17H,2,18H2,1H3,(H2,28,32)(H,30,31). The molecular weight excluding hydrogens is 398 g/mol.